The normalized spacial score (nSPS) is 31.9. The van der Waals surface area contributed by atoms with Crippen LogP contribution in [-0.2, 0) is 11.8 Å². The summed E-state index contributed by atoms with van der Waals surface area (Å²) in [6.07, 6.45) is 10.1. The molecule has 6 heteroatoms. The summed E-state index contributed by atoms with van der Waals surface area (Å²) in [6.45, 7) is 3.90. The van der Waals surface area contributed by atoms with Crippen LogP contribution in [0.1, 0.15) is 45.4 Å². The number of hydrogen-bond donors (Lipinski definition) is 2. The highest BCUT2D eigenvalue weighted by molar-refractivity contribution is 5.80. The minimum atomic E-state index is -0.361. The number of anilines is 1. The van der Waals surface area contributed by atoms with E-state index in [0.717, 1.165) is 57.3 Å². The Hall–Kier alpha value is -1.56. The molecule has 23 heavy (non-hydrogen) atoms. The number of carbonyl (C=O) groups is 1. The van der Waals surface area contributed by atoms with E-state index in [1.54, 1.807) is 0 Å². The highest BCUT2D eigenvalue weighted by Gasteiger charge is 2.38. The molecule has 1 saturated heterocycles. The lowest BCUT2D eigenvalue weighted by Gasteiger charge is -2.39. The minimum Gasteiger partial charge on any atom is -0.367 e. The third-order valence-electron chi connectivity index (χ3n) is 5.39. The number of carbonyl (C=O) groups excluding carboxylic acids is 1. The summed E-state index contributed by atoms with van der Waals surface area (Å²) in [5.41, 5.74) is 7.14. The van der Waals surface area contributed by atoms with Gasteiger partial charge in [0, 0.05) is 37.9 Å². The van der Waals surface area contributed by atoms with Crippen LogP contribution in [0.2, 0.25) is 0 Å². The maximum absolute atomic E-state index is 12.7. The van der Waals surface area contributed by atoms with Gasteiger partial charge in [0.25, 0.3) is 0 Å². The smallest absolute Gasteiger partial charge is 0.225 e. The van der Waals surface area contributed by atoms with Crippen molar-refractivity contribution in [1.29, 1.82) is 0 Å². The summed E-state index contributed by atoms with van der Waals surface area (Å²) in [4.78, 5) is 15.0. The van der Waals surface area contributed by atoms with E-state index >= 15 is 0 Å². The van der Waals surface area contributed by atoms with Gasteiger partial charge in [-0.25, -0.2) is 0 Å². The Morgan fingerprint density at radius 1 is 1.39 bits per heavy atom. The number of nitrogens with two attached hydrogens (primary N) is 1. The third-order valence-corrected chi connectivity index (χ3v) is 5.39. The molecule has 1 aliphatic carbocycles. The lowest BCUT2D eigenvalue weighted by molar-refractivity contribution is -0.128. The van der Waals surface area contributed by atoms with Gasteiger partial charge >= 0.3 is 0 Å². The fourth-order valence-corrected chi connectivity index (χ4v) is 3.99. The van der Waals surface area contributed by atoms with Crippen molar-refractivity contribution >= 4 is 11.6 Å². The van der Waals surface area contributed by atoms with Crippen LogP contribution < -0.4 is 16.0 Å². The number of nitrogens with zero attached hydrogens (tertiary/aromatic N) is 3. The van der Waals surface area contributed by atoms with Crippen LogP contribution in [0.5, 0.6) is 0 Å². The standard InChI is InChI=1S/C17H29N5O/c1-17(18)8-4-3-7-15(17)16(23)20-13-6-5-9-22(11-13)14-10-19-21(2)12-14/h10,12-13,15H,3-9,11,18H2,1-2H3,(H,20,23). The van der Waals surface area contributed by atoms with Gasteiger partial charge in [-0.1, -0.05) is 12.8 Å². The van der Waals surface area contributed by atoms with E-state index < -0.39 is 0 Å². The molecule has 1 amide bonds. The summed E-state index contributed by atoms with van der Waals surface area (Å²) in [7, 11) is 1.93. The summed E-state index contributed by atoms with van der Waals surface area (Å²) in [6, 6.07) is 0.203. The summed E-state index contributed by atoms with van der Waals surface area (Å²) in [5, 5.41) is 7.50. The van der Waals surface area contributed by atoms with E-state index in [2.05, 4.69) is 15.3 Å². The number of aromatic nitrogens is 2. The first kappa shape index (κ1) is 16.3. The molecule has 1 saturated carbocycles. The van der Waals surface area contributed by atoms with Crippen molar-refractivity contribution in [2.24, 2.45) is 18.7 Å². The van der Waals surface area contributed by atoms with E-state index in [1.807, 2.05) is 31.0 Å². The first-order chi connectivity index (χ1) is 11.0. The quantitative estimate of drug-likeness (QED) is 0.883. The topological polar surface area (TPSA) is 76.2 Å². The van der Waals surface area contributed by atoms with Crippen LogP contribution >= 0.6 is 0 Å². The molecule has 1 aromatic heterocycles. The molecular formula is C17H29N5O. The van der Waals surface area contributed by atoms with Crippen molar-refractivity contribution in [2.75, 3.05) is 18.0 Å². The Morgan fingerprint density at radius 2 is 2.22 bits per heavy atom. The summed E-state index contributed by atoms with van der Waals surface area (Å²) < 4.78 is 1.82. The molecule has 128 valence electrons. The minimum absolute atomic E-state index is 0.0509. The number of hydrogen-bond acceptors (Lipinski definition) is 4. The van der Waals surface area contributed by atoms with Crippen LogP contribution in [0.15, 0.2) is 12.4 Å². The molecule has 3 atom stereocenters. The highest BCUT2D eigenvalue weighted by Crippen LogP contribution is 2.32. The van der Waals surface area contributed by atoms with Crippen molar-refractivity contribution in [2.45, 2.75) is 57.0 Å². The molecule has 3 unspecified atom stereocenters. The monoisotopic (exact) mass is 319 g/mol. The van der Waals surface area contributed by atoms with Gasteiger partial charge in [0.1, 0.15) is 0 Å². The Balaban J connectivity index is 1.60. The predicted molar refractivity (Wildman–Crippen MR) is 91.1 cm³/mol. The molecule has 2 aliphatic rings. The highest BCUT2D eigenvalue weighted by atomic mass is 16.2. The van der Waals surface area contributed by atoms with E-state index in [1.165, 1.54) is 0 Å². The molecule has 6 nitrogen and oxygen atoms in total. The van der Waals surface area contributed by atoms with Crippen molar-refractivity contribution in [3.8, 4) is 0 Å². The van der Waals surface area contributed by atoms with E-state index in [4.69, 9.17) is 5.73 Å². The fraction of sp³-hybridized carbons (Fsp3) is 0.765. The Kier molecular flexibility index (Phi) is 4.62. The zero-order chi connectivity index (χ0) is 16.4. The van der Waals surface area contributed by atoms with Gasteiger partial charge in [-0.2, -0.15) is 5.10 Å². The van der Waals surface area contributed by atoms with Gasteiger partial charge in [0.05, 0.1) is 17.8 Å². The molecule has 1 aromatic rings. The second-order valence-corrected chi connectivity index (χ2v) is 7.47. The van der Waals surface area contributed by atoms with E-state index in [-0.39, 0.29) is 23.4 Å². The Morgan fingerprint density at radius 3 is 2.91 bits per heavy atom. The zero-order valence-corrected chi connectivity index (χ0v) is 14.3. The molecule has 2 fully saturated rings. The van der Waals surface area contributed by atoms with Gasteiger partial charge in [-0.15, -0.1) is 0 Å². The molecule has 0 aromatic carbocycles. The van der Waals surface area contributed by atoms with Gasteiger partial charge in [-0.3, -0.25) is 9.48 Å². The number of aryl methyl sites for hydroxylation is 1. The van der Waals surface area contributed by atoms with Crippen molar-refractivity contribution in [3.05, 3.63) is 12.4 Å². The maximum Gasteiger partial charge on any atom is 0.225 e. The lowest BCUT2D eigenvalue weighted by Crippen LogP contribution is -2.56. The van der Waals surface area contributed by atoms with Crippen molar-refractivity contribution < 1.29 is 4.79 Å². The molecule has 0 radical (unpaired) electrons. The molecule has 3 rings (SSSR count). The predicted octanol–water partition coefficient (Wildman–Crippen LogP) is 1.41. The molecule has 2 heterocycles. The largest absolute Gasteiger partial charge is 0.367 e. The molecule has 0 bridgehead atoms. The fourth-order valence-electron chi connectivity index (χ4n) is 3.99. The molecule has 0 spiro atoms. The van der Waals surface area contributed by atoms with Gasteiger partial charge in [0.2, 0.25) is 5.91 Å². The molecule has 3 N–H and O–H groups in total. The number of nitrogens with one attached hydrogen (secondary N) is 1. The van der Waals surface area contributed by atoms with Crippen LogP contribution in [0.4, 0.5) is 5.69 Å². The van der Waals surface area contributed by atoms with Crippen molar-refractivity contribution in [1.82, 2.24) is 15.1 Å². The third kappa shape index (κ3) is 3.68. The zero-order valence-electron chi connectivity index (χ0n) is 14.3. The molecular weight excluding hydrogens is 290 g/mol. The average Bonchev–Trinajstić information content (AvgIpc) is 2.93. The lowest BCUT2D eigenvalue weighted by atomic mass is 9.74. The van der Waals surface area contributed by atoms with Crippen LogP contribution in [0, 0.1) is 5.92 Å². The van der Waals surface area contributed by atoms with Gasteiger partial charge in [0.15, 0.2) is 0 Å². The first-order valence-corrected chi connectivity index (χ1v) is 8.78. The van der Waals surface area contributed by atoms with Gasteiger partial charge in [-0.05, 0) is 32.6 Å². The summed E-state index contributed by atoms with van der Waals surface area (Å²) in [5.74, 6) is 0.0951. The number of piperidine rings is 1. The first-order valence-electron chi connectivity index (χ1n) is 8.78. The summed E-state index contributed by atoms with van der Waals surface area (Å²) >= 11 is 0. The SMILES string of the molecule is Cn1cc(N2CCCC(NC(=O)C3CCCCC3(C)N)C2)cn1. The van der Waals surface area contributed by atoms with Crippen LogP contribution in [-0.4, -0.2) is 40.4 Å². The van der Waals surface area contributed by atoms with Crippen LogP contribution in [0.25, 0.3) is 0 Å². The van der Waals surface area contributed by atoms with E-state index in [9.17, 15) is 4.79 Å². The second kappa shape index (κ2) is 6.51. The number of amides is 1. The molecule has 1 aliphatic heterocycles. The maximum atomic E-state index is 12.7. The average molecular weight is 319 g/mol. The number of rotatable bonds is 3. The van der Waals surface area contributed by atoms with Crippen LogP contribution in [0.3, 0.4) is 0 Å². The Bertz CT molecular complexity index is 553. The van der Waals surface area contributed by atoms with Crippen molar-refractivity contribution in [3.63, 3.8) is 0 Å². The second-order valence-electron chi connectivity index (χ2n) is 7.47. The van der Waals surface area contributed by atoms with Gasteiger partial charge < -0.3 is 16.0 Å². The Labute approximate surface area is 138 Å². The van der Waals surface area contributed by atoms with E-state index in [0.29, 0.717) is 0 Å².